The summed E-state index contributed by atoms with van der Waals surface area (Å²) in [6, 6.07) is 10.8. The predicted molar refractivity (Wildman–Crippen MR) is 98.5 cm³/mol. The van der Waals surface area contributed by atoms with Gasteiger partial charge in [-0.1, -0.05) is 12.2 Å². The van der Waals surface area contributed by atoms with Gasteiger partial charge >= 0.3 is 0 Å². The van der Waals surface area contributed by atoms with Crippen LogP contribution in [0, 0.1) is 6.92 Å². The first kappa shape index (κ1) is 16.2. The van der Waals surface area contributed by atoms with E-state index in [2.05, 4.69) is 4.98 Å². The van der Waals surface area contributed by atoms with E-state index >= 15 is 0 Å². The van der Waals surface area contributed by atoms with Crippen molar-refractivity contribution < 1.29 is 14.2 Å². The Morgan fingerprint density at radius 2 is 2.04 bits per heavy atom. The number of benzene rings is 2. The molecule has 0 unspecified atom stereocenters. The maximum absolute atomic E-state index is 13.1. The van der Waals surface area contributed by atoms with Crippen molar-refractivity contribution in [2.75, 3.05) is 13.4 Å². The van der Waals surface area contributed by atoms with Crippen molar-refractivity contribution in [2.45, 2.75) is 13.8 Å². The van der Waals surface area contributed by atoms with Crippen LogP contribution in [-0.2, 0) is 0 Å². The molecular weight excluding hydrogens is 332 g/mol. The molecule has 0 N–H and O–H groups in total. The highest BCUT2D eigenvalue weighted by Gasteiger charge is 2.16. The maximum Gasteiger partial charge on any atom is 0.266 e. The lowest BCUT2D eigenvalue weighted by atomic mass is 10.2. The average Bonchev–Trinajstić information content (AvgIpc) is 3.10. The fourth-order valence-electron chi connectivity index (χ4n) is 2.93. The van der Waals surface area contributed by atoms with Gasteiger partial charge in [-0.15, -0.1) is 0 Å². The number of hydrogen-bond donors (Lipinski definition) is 0. The number of nitrogens with zero attached hydrogens (tertiary/aromatic N) is 2. The van der Waals surface area contributed by atoms with Crippen molar-refractivity contribution in [1.82, 2.24) is 9.55 Å². The van der Waals surface area contributed by atoms with Crippen LogP contribution in [0.1, 0.15) is 12.7 Å². The summed E-state index contributed by atoms with van der Waals surface area (Å²) < 4.78 is 18.0. The van der Waals surface area contributed by atoms with Crippen molar-refractivity contribution in [3.63, 3.8) is 0 Å². The van der Waals surface area contributed by atoms with Crippen LogP contribution in [0.25, 0.3) is 16.6 Å². The van der Waals surface area contributed by atoms with Crippen LogP contribution in [0.3, 0.4) is 0 Å². The zero-order valence-corrected chi connectivity index (χ0v) is 14.6. The third kappa shape index (κ3) is 2.79. The maximum atomic E-state index is 13.1. The van der Waals surface area contributed by atoms with E-state index in [0.717, 1.165) is 0 Å². The third-order valence-electron chi connectivity index (χ3n) is 4.20. The van der Waals surface area contributed by atoms with Gasteiger partial charge in [-0.3, -0.25) is 9.36 Å². The number of aryl methyl sites for hydroxylation is 1. The van der Waals surface area contributed by atoms with Gasteiger partial charge in [-0.2, -0.15) is 0 Å². The molecule has 0 amide bonds. The van der Waals surface area contributed by atoms with E-state index < -0.39 is 0 Å². The van der Waals surface area contributed by atoms with Crippen LogP contribution in [0.5, 0.6) is 17.2 Å². The Balaban J connectivity index is 1.83. The molecule has 0 bridgehead atoms. The molecule has 0 saturated carbocycles. The summed E-state index contributed by atoms with van der Waals surface area (Å²) >= 11 is 0. The molecular formula is C20H18N2O4. The van der Waals surface area contributed by atoms with Crippen LogP contribution in [0.15, 0.2) is 53.3 Å². The first-order valence-corrected chi connectivity index (χ1v) is 8.35. The van der Waals surface area contributed by atoms with Gasteiger partial charge < -0.3 is 14.2 Å². The SMILES string of the molecule is C/C=C/COc1ccc2nc(C)n(-c3ccc4c(c3)OCO4)c(=O)c2c1. The third-order valence-corrected chi connectivity index (χ3v) is 4.20. The monoisotopic (exact) mass is 350 g/mol. The molecule has 0 atom stereocenters. The highest BCUT2D eigenvalue weighted by atomic mass is 16.7. The number of fused-ring (bicyclic) bond motifs is 2. The first-order chi connectivity index (χ1) is 12.7. The van der Waals surface area contributed by atoms with E-state index in [1.807, 2.05) is 38.1 Å². The fraction of sp³-hybridized carbons (Fsp3) is 0.200. The van der Waals surface area contributed by atoms with E-state index in [4.69, 9.17) is 14.2 Å². The molecule has 6 nitrogen and oxygen atoms in total. The van der Waals surface area contributed by atoms with Gasteiger partial charge in [0.1, 0.15) is 18.2 Å². The van der Waals surface area contributed by atoms with Crippen LogP contribution in [-0.4, -0.2) is 23.0 Å². The second-order valence-corrected chi connectivity index (χ2v) is 5.90. The Morgan fingerprint density at radius 1 is 1.19 bits per heavy atom. The Labute approximate surface area is 150 Å². The van der Waals surface area contributed by atoms with Crippen molar-refractivity contribution in [3.05, 3.63) is 64.7 Å². The molecule has 3 aromatic rings. The predicted octanol–water partition coefficient (Wildman–Crippen LogP) is 3.38. The van der Waals surface area contributed by atoms with Gasteiger partial charge in [0, 0.05) is 6.07 Å². The minimum atomic E-state index is -0.150. The van der Waals surface area contributed by atoms with E-state index in [1.165, 1.54) is 0 Å². The standard InChI is InChI=1S/C20H18N2O4/c1-3-4-9-24-15-6-7-17-16(11-15)20(23)22(13(2)21-17)14-5-8-18-19(10-14)26-12-25-18/h3-8,10-11H,9,12H2,1-2H3/b4-3+. The molecule has 0 saturated heterocycles. The van der Waals surface area contributed by atoms with E-state index in [1.54, 1.807) is 28.8 Å². The van der Waals surface area contributed by atoms with Crippen LogP contribution in [0.4, 0.5) is 0 Å². The molecule has 4 rings (SSSR count). The topological polar surface area (TPSA) is 62.6 Å². The molecule has 2 aromatic carbocycles. The van der Waals surface area contributed by atoms with Gasteiger partial charge in [-0.05, 0) is 44.2 Å². The first-order valence-electron chi connectivity index (χ1n) is 8.35. The summed E-state index contributed by atoms with van der Waals surface area (Å²) in [6.07, 6.45) is 3.82. The summed E-state index contributed by atoms with van der Waals surface area (Å²) in [5, 5.41) is 0.506. The summed E-state index contributed by atoms with van der Waals surface area (Å²) in [5.41, 5.74) is 1.18. The number of hydrogen-bond acceptors (Lipinski definition) is 5. The number of ether oxygens (including phenoxy) is 3. The second-order valence-electron chi connectivity index (χ2n) is 5.90. The summed E-state index contributed by atoms with van der Waals surface area (Å²) in [4.78, 5) is 17.7. The lowest BCUT2D eigenvalue weighted by molar-refractivity contribution is 0.174. The van der Waals surface area contributed by atoms with Crippen LogP contribution >= 0.6 is 0 Å². The van der Waals surface area contributed by atoms with Crippen LogP contribution in [0.2, 0.25) is 0 Å². The molecule has 132 valence electrons. The molecule has 0 fully saturated rings. The smallest absolute Gasteiger partial charge is 0.266 e. The summed E-state index contributed by atoms with van der Waals surface area (Å²) in [5.74, 6) is 2.53. The number of rotatable bonds is 4. The molecule has 0 spiro atoms. The second kappa shape index (κ2) is 6.55. The fourth-order valence-corrected chi connectivity index (χ4v) is 2.93. The van der Waals surface area contributed by atoms with Crippen molar-refractivity contribution in [1.29, 1.82) is 0 Å². The molecule has 1 aromatic heterocycles. The normalized spacial score (nSPS) is 12.8. The van der Waals surface area contributed by atoms with Crippen LogP contribution < -0.4 is 19.8 Å². The molecule has 0 radical (unpaired) electrons. The molecule has 26 heavy (non-hydrogen) atoms. The zero-order valence-electron chi connectivity index (χ0n) is 14.6. The Morgan fingerprint density at radius 3 is 2.88 bits per heavy atom. The van der Waals surface area contributed by atoms with E-state index in [9.17, 15) is 4.79 Å². The molecule has 0 aliphatic carbocycles. The van der Waals surface area contributed by atoms with Gasteiger partial charge in [-0.25, -0.2) is 4.98 Å². The van der Waals surface area contributed by atoms with E-state index in [-0.39, 0.29) is 12.4 Å². The number of allylic oxidation sites excluding steroid dienone is 1. The van der Waals surface area contributed by atoms with Gasteiger partial charge in [0.2, 0.25) is 6.79 Å². The Hall–Kier alpha value is -3.28. The number of aromatic nitrogens is 2. The zero-order chi connectivity index (χ0) is 18.1. The van der Waals surface area contributed by atoms with Gasteiger partial charge in [0.05, 0.1) is 16.6 Å². The molecule has 1 aliphatic rings. The van der Waals surface area contributed by atoms with Crippen molar-refractivity contribution in [3.8, 4) is 22.9 Å². The van der Waals surface area contributed by atoms with E-state index in [0.29, 0.717) is 46.3 Å². The Bertz CT molecular complexity index is 1070. The largest absolute Gasteiger partial charge is 0.490 e. The highest BCUT2D eigenvalue weighted by Crippen LogP contribution is 2.33. The van der Waals surface area contributed by atoms with Crippen molar-refractivity contribution >= 4 is 10.9 Å². The molecule has 1 aliphatic heterocycles. The quantitative estimate of drug-likeness (QED) is 0.675. The minimum Gasteiger partial charge on any atom is -0.490 e. The summed E-state index contributed by atoms with van der Waals surface area (Å²) in [6.45, 7) is 4.38. The minimum absolute atomic E-state index is 0.150. The lowest BCUT2D eigenvalue weighted by Crippen LogP contribution is -2.22. The van der Waals surface area contributed by atoms with Gasteiger partial charge in [0.15, 0.2) is 11.5 Å². The highest BCUT2D eigenvalue weighted by molar-refractivity contribution is 5.79. The van der Waals surface area contributed by atoms with Crippen molar-refractivity contribution in [2.24, 2.45) is 0 Å². The molecule has 6 heteroatoms. The average molecular weight is 350 g/mol. The molecule has 2 heterocycles. The lowest BCUT2D eigenvalue weighted by Gasteiger charge is -2.12. The summed E-state index contributed by atoms with van der Waals surface area (Å²) in [7, 11) is 0. The van der Waals surface area contributed by atoms with Gasteiger partial charge in [0.25, 0.3) is 5.56 Å². The Kier molecular flexibility index (Phi) is 4.08.